The highest BCUT2D eigenvalue weighted by Gasteiger charge is 2.39. The number of nitrogens with one attached hydrogen (secondary N) is 1. The number of ketones is 1. The number of anilines is 1. The van der Waals surface area contributed by atoms with Crippen LogP contribution in [0.25, 0.3) is 0 Å². The van der Waals surface area contributed by atoms with Gasteiger partial charge in [0.15, 0.2) is 11.7 Å². The van der Waals surface area contributed by atoms with E-state index in [9.17, 15) is 14.4 Å². The second kappa shape index (κ2) is 22.4. The second-order valence-corrected chi connectivity index (χ2v) is 13.6. The first kappa shape index (κ1) is 40.0. The van der Waals surface area contributed by atoms with Gasteiger partial charge in [0, 0.05) is 21.7 Å². The van der Waals surface area contributed by atoms with Gasteiger partial charge in [-0.2, -0.15) is 0 Å². The minimum absolute atomic E-state index is 0.183. The molecule has 3 rings (SSSR count). The Labute approximate surface area is 302 Å². The normalized spacial score (nSPS) is 13.6. The van der Waals surface area contributed by atoms with E-state index >= 15 is 0 Å². The highest BCUT2D eigenvalue weighted by atomic mass is 35.5. The number of carbonyl (C=O) groups excluding carboxylic acids is 3. The van der Waals surface area contributed by atoms with Gasteiger partial charge in [-0.15, -0.1) is 11.6 Å². The van der Waals surface area contributed by atoms with Crippen LogP contribution in [0.1, 0.15) is 100 Å². The number of carbonyl (C=O) groups is 3. The van der Waals surface area contributed by atoms with Crippen molar-refractivity contribution in [3.8, 4) is 5.75 Å². The molecule has 0 spiro atoms. The molecule has 4 unspecified atom stereocenters. The van der Waals surface area contributed by atoms with Crippen molar-refractivity contribution in [1.82, 2.24) is 0 Å². The van der Waals surface area contributed by atoms with Crippen molar-refractivity contribution >= 4 is 46.5 Å². The van der Waals surface area contributed by atoms with E-state index in [2.05, 4.69) is 12.2 Å². The number of unbranched alkanes of at least 4 members (excludes halogenated alkanes) is 7. The minimum atomic E-state index is -1.75. The van der Waals surface area contributed by atoms with Crippen molar-refractivity contribution in [2.45, 2.75) is 109 Å². The third-order valence-electron chi connectivity index (χ3n) is 8.46. The van der Waals surface area contributed by atoms with Crippen molar-refractivity contribution in [2.24, 2.45) is 5.92 Å². The molecule has 3 aromatic rings. The summed E-state index contributed by atoms with van der Waals surface area (Å²) >= 11 is 12.8. The van der Waals surface area contributed by atoms with Crippen molar-refractivity contribution in [3.63, 3.8) is 0 Å². The van der Waals surface area contributed by atoms with Gasteiger partial charge in [-0.25, -0.2) is 0 Å². The van der Waals surface area contributed by atoms with Gasteiger partial charge in [0.25, 0.3) is 0 Å². The molecule has 0 fully saturated rings. The second-order valence-electron chi connectivity index (χ2n) is 12.4. The topological polar surface area (TPSA) is 90.9 Å². The lowest BCUT2D eigenvalue weighted by molar-refractivity contribution is -0.164. The number of hydrogen-bond donors (Lipinski definition) is 1. The largest absolute Gasteiger partial charge is 0.497 e. The quantitative estimate of drug-likeness (QED) is 0.0346. The Kier molecular flexibility index (Phi) is 18.3. The van der Waals surface area contributed by atoms with E-state index in [1.807, 2.05) is 31.2 Å². The van der Waals surface area contributed by atoms with E-state index in [1.54, 1.807) is 42.5 Å². The standard InChI is InChI=1S/C40H51Cl2NO6/c1-4-5-6-7-8-9-10-14-21-35(48-28-31-17-15-16-20-34(31)42)36(27-22-29(2)41)49-40(46)37(39(45)43-32-18-12-11-13-19-32)38(44)30-23-25-33(47-3)26-24-30/h11-13,15-20,23-26,29,35-37H,4-10,14,21-22,27-28H2,1-3H3,(H,43,45). The molecular weight excluding hydrogens is 661 g/mol. The van der Waals surface area contributed by atoms with Gasteiger partial charge in [-0.3, -0.25) is 14.4 Å². The summed E-state index contributed by atoms with van der Waals surface area (Å²) in [7, 11) is 1.52. The fraction of sp³-hybridized carbons (Fsp3) is 0.475. The monoisotopic (exact) mass is 711 g/mol. The SMILES string of the molecule is CCCCCCCCCCC(OCc1ccccc1Cl)C(CCC(C)Cl)OC(=O)C(C(=O)Nc1ccccc1)C(=O)c1ccc(OC)cc1. The van der Waals surface area contributed by atoms with Crippen LogP contribution in [0.15, 0.2) is 78.9 Å². The van der Waals surface area contributed by atoms with Crippen LogP contribution < -0.4 is 10.1 Å². The highest BCUT2D eigenvalue weighted by Crippen LogP contribution is 2.26. The molecule has 1 N–H and O–H groups in total. The van der Waals surface area contributed by atoms with Crippen molar-refractivity contribution < 1.29 is 28.6 Å². The molecule has 266 valence electrons. The number of methoxy groups -OCH3 is 1. The van der Waals surface area contributed by atoms with Crippen LogP contribution in [0.2, 0.25) is 5.02 Å². The molecular formula is C40H51Cl2NO6. The number of Topliss-reactive ketones (excluding diaryl/α,β-unsaturated/α-hetero) is 1. The summed E-state index contributed by atoms with van der Waals surface area (Å²) in [5, 5.41) is 3.11. The first-order valence-electron chi connectivity index (χ1n) is 17.5. The number of amides is 1. The average Bonchev–Trinajstić information content (AvgIpc) is 3.10. The molecule has 0 heterocycles. The summed E-state index contributed by atoms with van der Waals surface area (Å²) in [6, 6.07) is 22.4. The molecule has 0 radical (unpaired) electrons. The number of esters is 1. The zero-order chi connectivity index (χ0) is 35.4. The average molecular weight is 713 g/mol. The third kappa shape index (κ3) is 14.2. The highest BCUT2D eigenvalue weighted by molar-refractivity contribution is 6.31. The Morgan fingerprint density at radius 3 is 2.02 bits per heavy atom. The molecule has 3 aromatic carbocycles. The number of halogens is 2. The zero-order valence-electron chi connectivity index (χ0n) is 29.0. The maximum Gasteiger partial charge on any atom is 0.326 e. The van der Waals surface area contributed by atoms with Crippen LogP contribution in [0.3, 0.4) is 0 Å². The van der Waals surface area contributed by atoms with Gasteiger partial charge in [0.1, 0.15) is 11.9 Å². The van der Waals surface area contributed by atoms with Crippen LogP contribution in [0.5, 0.6) is 5.75 Å². The predicted octanol–water partition coefficient (Wildman–Crippen LogP) is 10.2. The molecule has 0 saturated heterocycles. The van der Waals surface area contributed by atoms with Gasteiger partial charge in [-0.05, 0) is 74.2 Å². The van der Waals surface area contributed by atoms with Gasteiger partial charge in [-0.1, -0.05) is 106 Å². The molecule has 0 aliphatic heterocycles. The molecule has 9 heteroatoms. The lowest BCUT2D eigenvalue weighted by Gasteiger charge is -2.29. The summed E-state index contributed by atoms with van der Waals surface area (Å²) in [6.07, 6.45) is 9.42. The summed E-state index contributed by atoms with van der Waals surface area (Å²) in [5.41, 5.74) is 1.45. The van der Waals surface area contributed by atoms with E-state index < -0.39 is 35.8 Å². The molecule has 0 saturated carbocycles. The number of alkyl halides is 1. The molecule has 0 aliphatic carbocycles. The summed E-state index contributed by atoms with van der Waals surface area (Å²) in [6.45, 7) is 4.31. The van der Waals surface area contributed by atoms with Gasteiger partial charge in [0.05, 0.1) is 19.8 Å². The maximum atomic E-state index is 14.1. The van der Waals surface area contributed by atoms with E-state index in [0.29, 0.717) is 35.7 Å². The van der Waals surface area contributed by atoms with Crippen LogP contribution in [0.4, 0.5) is 5.69 Å². The van der Waals surface area contributed by atoms with Gasteiger partial charge < -0.3 is 19.5 Å². The number of para-hydroxylation sites is 1. The predicted molar refractivity (Wildman–Crippen MR) is 198 cm³/mol. The summed E-state index contributed by atoms with van der Waals surface area (Å²) < 4.78 is 17.8. The molecule has 0 bridgehead atoms. The van der Waals surface area contributed by atoms with Crippen molar-refractivity contribution in [2.75, 3.05) is 12.4 Å². The minimum Gasteiger partial charge on any atom is -0.497 e. The number of benzene rings is 3. The lowest BCUT2D eigenvalue weighted by atomic mass is 9.95. The Morgan fingerprint density at radius 2 is 1.39 bits per heavy atom. The Bertz CT molecular complexity index is 1420. The van der Waals surface area contributed by atoms with Crippen LogP contribution in [-0.4, -0.2) is 42.4 Å². The molecule has 1 amide bonds. The fourth-order valence-electron chi connectivity index (χ4n) is 5.59. The number of rotatable bonds is 23. The van der Waals surface area contributed by atoms with Crippen LogP contribution in [-0.2, 0) is 25.7 Å². The summed E-state index contributed by atoms with van der Waals surface area (Å²) in [4.78, 5) is 41.6. The first-order chi connectivity index (χ1) is 23.7. The van der Waals surface area contributed by atoms with Crippen molar-refractivity contribution in [3.05, 3.63) is 95.0 Å². The zero-order valence-corrected chi connectivity index (χ0v) is 30.5. The maximum absolute atomic E-state index is 14.1. The first-order valence-corrected chi connectivity index (χ1v) is 18.3. The Morgan fingerprint density at radius 1 is 0.755 bits per heavy atom. The van der Waals surface area contributed by atoms with Crippen LogP contribution in [0, 0.1) is 5.92 Å². The van der Waals surface area contributed by atoms with Gasteiger partial charge in [0.2, 0.25) is 5.91 Å². The Balaban J connectivity index is 1.86. The Hall–Kier alpha value is -3.39. The molecule has 49 heavy (non-hydrogen) atoms. The van der Waals surface area contributed by atoms with E-state index in [4.69, 9.17) is 37.4 Å². The van der Waals surface area contributed by atoms with Crippen LogP contribution >= 0.6 is 23.2 Å². The van der Waals surface area contributed by atoms with E-state index in [0.717, 1.165) is 24.8 Å². The van der Waals surface area contributed by atoms with Gasteiger partial charge >= 0.3 is 5.97 Å². The van der Waals surface area contributed by atoms with Crippen molar-refractivity contribution in [1.29, 1.82) is 0 Å². The number of hydrogen-bond acceptors (Lipinski definition) is 6. The molecule has 7 nitrogen and oxygen atoms in total. The molecule has 0 aliphatic rings. The fourth-order valence-corrected chi connectivity index (χ4v) is 5.91. The lowest BCUT2D eigenvalue weighted by Crippen LogP contribution is -2.42. The number of ether oxygens (including phenoxy) is 3. The summed E-state index contributed by atoms with van der Waals surface area (Å²) in [5.74, 6) is -3.61. The van der Waals surface area contributed by atoms with E-state index in [1.165, 1.54) is 51.3 Å². The smallest absolute Gasteiger partial charge is 0.326 e. The molecule has 0 aromatic heterocycles. The third-order valence-corrected chi connectivity index (χ3v) is 9.05. The molecule has 4 atom stereocenters. The van der Waals surface area contributed by atoms with E-state index in [-0.39, 0.29) is 17.5 Å².